The van der Waals surface area contributed by atoms with E-state index in [1.165, 1.54) is 6.07 Å². The summed E-state index contributed by atoms with van der Waals surface area (Å²) in [5.74, 6) is 0.876. The maximum absolute atomic E-state index is 13.8. The Kier molecular flexibility index (Phi) is 4.76. The third-order valence-corrected chi connectivity index (χ3v) is 4.46. The van der Waals surface area contributed by atoms with Crippen molar-refractivity contribution < 1.29 is 8.91 Å². The van der Waals surface area contributed by atoms with Crippen LogP contribution in [0.15, 0.2) is 22.7 Å². The van der Waals surface area contributed by atoms with Crippen LogP contribution in [0.2, 0.25) is 0 Å². The standard InChI is InChI=1S/C17H20FN5O/c1-3-16-20-17(24-21-16)12(2)22-7-9-23(10-8-22)15-6-4-5-14(18)13(15)11-19/h4-6,12H,3,7-10H2,1-2H3/t12-/m1/s1. The van der Waals surface area contributed by atoms with Crippen LogP contribution in [-0.4, -0.2) is 41.2 Å². The number of hydrogen-bond acceptors (Lipinski definition) is 6. The normalized spacial score (nSPS) is 16.8. The zero-order valence-electron chi connectivity index (χ0n) is 13.9. The van der Waals surface area contributed by atoms with Gasteiger partial charge in [0.2, 0.25) is 5.89 Å². The Hall–Kier alpha value is -2.46. The summed E-state index contributed by atoms with van der Waals surface area (Å²) in [7, 11) is 0. The summed E-state index contributed by atoms with van der Waals surface area (Å²) in [5.41, 5.74) is 0.777. The molecular weight excluding hydrogens is 309 g/mol. The van der Waals surface area contributed by atoms with Gasteiger partial charge in [0.25, 0.3) is 0 Å². The number of halogens is 1. The van der Waals surface area contributed by atoms with E-state index in [9.17, 15) is 9.65 Å². The molecule has 1 aromatic carbocycles. The first-order valence-corrected chi connectivity index (χ1v) is 8.14. The topological polar surface area (TPSA) is 69.2 Å². The number of hydrogen-bond donors (Lipinski definition) is 0. The Labute approximate surface area is 140 Å². The van der Waals surface area contributed by atoms with Crippen LogP contribution in [0.1, 0.15) is 37.2 Å². The zero-order chi connectivity index (χ0) is 17.1. The third-order valence-electron chi connectivity index (χ3n) is 4.46. The lowest BCUT2D eigenvalue weighted by molar-refractivity contribution is 0.164. The van der Waals surface area contributed by atoms with E-state index in [0.29, 0.717) is 17.4 Å². The van der Waals surface area contributed by atoms with Gasteiger partial charge in [0.05, 0.1) is 11.7 Å². The first-order valence-electron chi connectivity index (χ1n) is 8.14. The molecule has 3 rings (SSSR count). The van der Waals surface area contributed by atoms with Crippen molar-refractivity contribution in [2.24, 2.45) is 0 Å². The van der Waals surface area contributed by atoms with Crippen molar-refractivity contribution in [2.45, 2.75) is 26.3 Å². The van der Waals surface area contributed by atoms with Crippen molar-refractivity contribution in [3.8, 4) is 6.07 Å². The van der Waals surface area contributed by atoms with Gasteiger partial charge in [0.1, 0.15) is 17.4 Å². The molecule has 2 heterocycles. The number of anilines is 1. The fourth-order valence-corrected chi connectivity index (χ4v) is 2.97. The molecule has 0 radical (unpaired) electrons. The molecule has 0 unspecified atom stereocenters. The molecule has 0 spiro atoms. The average Bonchev–Trinajstić information content (AvgIpc) is 3.10. The van der Waals surface area contributed by atoms with Crippen LogP contribution in [0.25, 0.3) is 0 Å². The quantitative estimate of drug-likeness (QED) is 0.858. The molecule has 1 aromatic heterocycles. The largest absolute Gasteiger partial charge is 0.368 e. The highest BCUT2D eigenvalue weighted by Gasteiger charge is 2.27. The van der Waals surface area contributed by atoms with Crippen LogP contribution in [0.3, 0.4) is 0 Å². The van der Waals surface area contributed by atoms with Gasteiger partial charge in [-0.15, -0.1) is 0 Å². The molecule has 2 aromatic rings. The van der Waals surface area contributed by atoms with Gasteiger partial charge in [-0.2, -0.15) is 10.2 Å². The number of benzene rings is 1. The van der Waals surface area contributed by atoms with Crippen LogP contribution in [0.5, 0.6) is 0 Å². The molecule has 24 heavy (non-hydrogen) atoms. The number of rotatable bonds is 4. The SMILES string of the molecule is CCc1noc([C@@H](C)N2CCN(c3cccc(F)c3C#N)CC2)n1. The fourth-order valence-electron chi connectivity index (χ4n) is 2.97. The first kappa shape index (κ1) is 16.4. The van der Waals surface area contributed by atoms with E-state index in [2.05, 4.69) is 19.9 Å². The molecule has 0 aliphatic carbocycles. The van der Waals surface area contributed by atoms with E-state index in [1.54, 1.807) is 12.1 Å². The Morgan fingerprint density at radius 2 is 2.08 bits per heavy atom. The van der Waals surface area contributed by atoms with Gasteiger partial charge < -0.3 is 9.42 Å². The van der Waals surface area contributed by atoms with E-state index in [1.807, 2.05) is 19.9 Å². The second-order valence-electron chi connectivity index (χ2n) is 5.85. The molecule has 1 fully saturated rings. The van der Waals surface area contributed by atoms with Gasteiger partial charge >= 0.3 is 0 Å². The first-order chi connectivity index (χ1) is 11.6. The lowest BCUT2D eigenvalue weighted by Crippen LogP contribution is -2.47. The van der Waals surface area contributed by atoms with Crippen molar-refractivity contribution in [1.82, 2.24) is 15.0 Å². The summed E-state index contributed by atoms with van der Waals surface area (Å²) in [6.45, 7) is 7.04. The van der Waals surface area contributed by atoms with Gasteiger partial charge in [0.15, 0.2) is 5.82 Å². The maximum atomic E-state index is 13.8. The molecule has 1 atom stereocenters. The highest BCUT2D eigenvalue weighted by atomic mass is 19.1. The minimum Gasteiger partial charge on any atom is -0.368 e. The van der Waals surface area contributed by atoms with Gasteiger partial charge in [-0.25, -0.2) is 4.39 Å². The molecule has 7 heteroatoms. The molecule has 1 aliphatic heterocycles. The smallest absolute Gasteiger partial charge is 0.243 e. The molecule has 0 amide bonds. The van der Waals surface area contributed by atoms with Crippen LogP contribution in [0.4, 0.5) is 10.1 Å². The van der Waals surface area contributed by atoms with Crippen molar-refractivity contribution in [1.29, 1.82) is 5.26 Å². The number of nitriles is 1. The summed E-state index contributed by atoms with van der Waals surface area (Å²) >= 11 is 0. The van der Waals surface area contributed by atoms with E-state index in [4.69, 9.17) is 4.52 Å². The van der Waals surface area contributed by atoms with E-state index in [-0.39, 0.29) is 11.6 Å². The van der Waals surface area contributed by atoms with E-state index < -0.39 is 5.82 Å². The summed E-state index contributed by atoms with van der Waals surface area (Å²) in [6, 6.07) is 6.77. The Bertz CT molecular complexity index is 746. The molecule has 1 aliphatic rings. The summed E-state index contributed by atoms with van der Waals surface area (Å²) in [5, 5.41) is 13.1. The number of aromatic nitrogens is 2. The minimum atomic E-state index is -0.469. The molecule has 6 nitrogen and oxygen atoms in total. The second kappa shape index (κ2) is 6.97. The molecule has 0 bridgehead atoms. The summed E-state index contributed by atoms with van der Waals surface area (Å²) in [6.07, 6.45) is 0.751. The van der Waals surface area contributed by atoms with Gasteiger partial charge in [-0.1, -0.05) is 18.1 Å². The van der Waals surface area contributed by atoms with Gasteiger partial charge in [-0.05, 0) is 19.1 Å². The lowest BCUT2D eigenvalue weighted by atomic mass is 10.1. The summed E-state index contributed by atoms with van der Waals surface area (Å²) < 4.78 is 19.1. The van der Waals surface area contributed by atoms with Gasteiger partial charge in [-0.3, -0.25) is 4.90 Å². The maximum Gasteiger partial charge on any atom is 0.243 e. The third kappa shape index (κ3) is 3.10. The second-order valence-corrected chi connectivity index (χ2v) is 5.85. The molecule has 0 saturated carbocycles. The highest BCUT2D eigenvalue weighted by Crippen LogP contribution is 2.26. The highest BCUT2D eigenvalue weighted by molar-refractivity contribution is 5.60. The molecule has 0 N–H and O–H groups in total. The predicted octanol–water partition coefficient (Wildman–Crippen LogP) is 2.53. The lowest BCUT2D eigenvalue weighted by Gasteiger charge is -2.38. The summed E-state index contributed by atoms with van der Waals surface area (Å²) in [4.78, 5) is 8.70. The van der Waals surface area contributed by atoms with Crippen molar-refractivity contribution in [3.63, 3.8) is 0 Å². The Morgan fingerprint density at radius 3 is 2.71 bits per heavy atom. The fraction of sp³-hybridized carbons (Fsp3) is 0.471. The minimum absolute atomic E-state index is 0.0443. The number of piperazine rings is 1. The average molecular weight is 329 g/mol. The molecule has 1 saturated heterocycles. The van der Waals surface area contributed by atoms with Crippen LogP contribution in [-0.2, 0) is 6.42 Å². The van der Waals surface area contributed by atoms with Crippen molar-refractivity contribution in [2.75, 3.05) is 31.1 Å². The Morgan fingerprint density at radius 1 is 1.33 bits per heavy atom. The van der Waals surface area contributed by atoms with Crippen LogP contribution >= 0.6 is 0 Å². The molecule has 126 valence electrons. The number of aryl methyl sites for hydroxylation is 1. The van der Waals surface area contributed by atoms with E-state index in [0.717, 1.165) is 32.6 Å². The number of nitrogens with zero attached hydrogens (tertiary/aromatic N) is 5. The van der Waals surface area contributed by atoms with Gasteiger partial charge in [0, 0.05) is 32.6 Å². The Balaban J connectivity index is 1.68. The molecular formula is C17H20FN5O. The van der Waals surface area contributed by atoms with Crippen molar-refractivity contribution >= 4 is 5.69 Å². The van der Waals surface area contributed by atoms with Crippen LogP contribution in [0, 0.1) is 17.1 Å². The van der Waals surface area contributed by atoms with Crippen LogP contribution < -0.4 is 4.90 Å². The van der Waals surface area contributed by atoms with Crippen molar-refractivity contribution in [3.05, 3.63) is 41.3 Å². The predicted molar refractivity (Wildman–Crippen MR) is 87.0 cm³/mol. The zero-order valence-corrected chi connectivity index (χ0v) is 13.9. The van der Waals surface area contributed by atoms with E-state index >= 15 is 0 Å². The monoisotopic (exact) mass is 329 g/mol.